The summed E-state index contributed by atoms with van der Waals surface area (Å²) in [5.41, 5.74) is 3.14. The van der Waals surface area contributed by atoms with E-state index in [0.29, 0.717) is 69.4 Å². The number of sulfonamides is 1. The fourth-order valence-electron chi connectivity index (χ4n) is 9.55. The van der Waals surface area contributed by atoms with Crippen LogP contribution in [0.3, 0.4) is 0 Å². The molecule has 1 N–H and O–H groups in total. The van der Waals surface area contributed by atoms with Crippen molar-refractivity contribution < 1.29 is 35.5 Å². The van der Waals surface area contributed by atoms with E-state index in [1.54, 1.807) is 31.2 Å². The molecule has 10 nitrogen and oxygen atoms in total. The van der Waals surface area contributed by atoms with Crippen molar-refractivity contribution in [2.24, 2.45) is 23.7 Å². The molecule has 1 amide bonds. The minimum absolute atomic E-state index is 0.0327. The molecule has 1 spiro atoms. The van der Waals surface area contributed by atoms with Gasteiger partial charge in [0.15, 0.2) is 9.84 Å². The van der Waals surface area contributed by atoms with Gasteiger partial charge >= 0.3 is 0 Å². The molecule has 4 aliphatic heterocycles. The second kappa shape index (κ2) is 14.1. The van der Waals surface area contributed by atoms with Crippen LogP contribution in [0, 0.1) is 29.5 Å². The molecule has 14 heteroatoms. The van der Waals surface area contributed by atoms with Gasteiger partial charge in [-0.05, 0) is 110 Å². The Morgan fingerprint density at radius 2 is 1.87 bits per heavy atom. The van der Waals surface area contributed by atoms with Crippen LogP contribution >= 0.6 is 11.6 Å². The molecule has 0 aromatic heterocycles. The molecule has 1 saturated heterocycles. The number of sulfone groups is 1. The van der Waals surface area contributed by atoms with Gasteiger partial charge in [0.25, 0.3) is 5.91 Å². The summed E-state index contributed by atoms with van der Waals surface area (Å²) in [4.78, 5) is 18.1. The van der Waals surface area contributed by atoms with E-state index < -0.39 is 36.4 Å². The fraction of sp³-hybridized carbons (Fsp3) is 0.615. The molecule has 288 valence electrons. The first-order valence-corrected chi connectivity index (χ1v) is 22.8. The number of halogens is 2. The third-order valence-electron chi connectivity index (χ3n) is 13.3. The molecule has 7 atom stereocenters. The van der Waals surface area contributed by atoms with Crippen LogP contribution in [0.1, 0.15) is 67.4 Å². The Bertz CT molecular complexity index is 2030. The van der Waals surface area contributed by atoms with E-state index in [1.165, 1.54) is 5.57 Å². The Hall–Kier alpha value is -2.71. The zero-order valence-electron chi connectivity index (χ0n) is 30.4. The number of hydrogen-bond donors (Lipinski definition) is 1. The Morgan fingerprint density at radius 1 is 1.09 bits per heavy atom. The number of ether oxygens (including phenoxy) is 2. The summed E-state index contributed by atoms with van der Waals surface area (Å²) in [6.45, 7) is 7.24. The highest BCUT2D eigenvalue weighted by Crippen LogP contribution is 2.50. The lowest BCUT2D eigenvalue weighted by Crippen LogP contribution is -2.51. The molecule has 3 aliphatic carbocycles. The highest BCUT2D eigenvalue weighted by molar-refractivity contribution is 7.91. The van der Waals surface area contributed by atoms with Gasteiger partial charge in [-0.1, -0.05) is 30.7 Å². The van der Waals surface area contributed by atoms with Crippen LogP contribution < -0.4 is 14.4 Å². The molecule has 0 unspecified atom stereocenters. The third kappa shape index (κ3) is 7.02. The zero-order valence-corrected chi connectivity index (χ0v) is 32.7. The summed E-state index contributed by atoms with van der Waals surface area (Å²) < 4.78 is 82.4. The summed E-state index contributed by atoms with van der Waals surface area (Å²) in [5.74, 6) is 0.170. The van der Waals surface area contributed by atoms with Crippen LogP contribution in [0.25, 0.3) is 0 Å². The summed E-state index contributed by atoms with van der Waals surface area (Å²) in [6.07, 6.45) is 6.92. The lowest BCUT2D eigenvalue weighted by Gasteiger charge is -2.48. The molecule has 53 heavy (non-hydrogen) atoms. The van der Waals surface area contributed by atoms with Gasteiger partial charge in [0.05, 0.1) is 46.8 Å². The van der Waals surface area contributed by atoms with Crippen LogP contribution in [0.4, 0.5) is 10.1 Å². The van der Waals surface area contributed by atoms with Gasteiger partial charge < -0.3 is 14.4 Å². The number of rotatable bonds is 4. The SMILES string of the molecule is C[C@@H]1[C@@H](C)S(=O)(=O)NC(=O)c2ccc3c(c2)N(C[C@@H]2CC[C@H]2[C@@H](OCCN2CCS(=O)(=O)CC2)C2=C[C@H]1C2)C[C@@]1(CCCc2c1ccc(Cl)c2F)CO3. The van der Waals surface area contributed by atoms with Crippen molar-refractivity contribution in [3.63, 3.8) is 0 Å². The van der Waals surface area contributed by atoms with E-state index in [-0.39, 0.29) is 57.7 Å². The summed E-state index contributed by atoms with van der Waals surface area (Å²) in [7, 11) is -6.98. The van der Waals surface area contributed by atoms with Crippen LogP contribution in [0.5, 0.6) is 5.75 Å². The summed E-state index contributed by atoms with van der Waals surface area (Å²) >= 11 is 6.26. The van der Waals surface area contributed by atoms with Crippen molar-refractivity contribution in [3.05, 3.63) is 69.5 Å². The first-order chi connectivity index (χ1) is 25.2. The average Bonchev–Trinajstić information content (AvgIpc) is 3.24. The van der Waals surface area contributed by atoms with Crippen molar-refractivity contribution in [2.45, 2.75) is 69.1 Å². The van der Waals surface area contributed by atoms with E-state index in [9.17, 15) is 21.6 Å². The van der Waals surface area contributed by atoms with Crippen molar-refractivity contribution in [3.8, 4) is 5.75 Å². The maximum atomic E-state index is 15.5. The van der Waals surface area contributed by atoms with Gasteiger partial charge in [-0.25, -0.2) is 25.9 Å². The third-order valence-corrected chi connectivity index (χ3v) is 17.1. The normalized spacial score (nSPS) is 33.5. The average molecular weight is 790 g/mol. The van der Waals surface area contributed by atoms with Crippen molar-refractivity contribution in [1.29, 1.82) is 0 Å². The van der Waals surface area contributed by atoms with Crippen molar-refractivity contribution in [1.82, 2.24) is 9.62 Å². The topological polar surface area (TPSA) is 122 Å². The first kappa shape index (κ1) is 37.2. The van der Waals surface area contributed by atoms with Gasteiger partial charge in [-0.2, -0.15) is 0 Å². The number of nitrogens with one attached hydrogen (secondary N) is 1. The molecular formula is C39H49ClFN3O7S2. The minimum atomic E-state index is -4.01. The molecule has 4 bridgehead atoms. The fourth-order valence-corrected chi connectivity index (χ4v) is 12.3. The quantitative estimate of drug-likeness (QED) is 0.420. The standard InChI is InChI=1S/C39H49ClFN3O7S2/c1-24-25(2)53(48,49)42-38(45)26-6-10-35-34(20-26)44(22-39(23-51-35)11-3-4-31-32(39)8-9-33(40)36(31)41)21-27-5-7-30(27)37(29-18-28(24)19-29)50-15-12-43-13-16-52(46,47)17-14-43/h6,8-10,18,20,24-25,27-28,30,37H,3-5,7,11-17,19,21-23H2,1-2H3,(H,42,45)/t24-,25-,27+,28+,30-,37+,39+/m1/s1. The molecule has 9 rings (SSSR count). The maximum Gasteiger partial charge on any atom is 0.264 e. The van der Waals surface area contributed by atoms with Gasteiger partial charge in [-0.15, -0.1) is 0 Å². The molecule has 1 saturated carbocycles. The number of fused-ring (bicyclic) bond motifs is 6. The zero-order chi connectivity index (χ0) is 37.3. The van der Waals surface area contributed by atoms with Gasteiger partial charge in [0.2, 0.25) is 10.0 Å². The summed E-state index contributed by atoms with van der Waals surface area (Å²) in [5, 5.41) is -0.701. The van der Waals surface area contributed by atoms with Crippen LogP contribution in [0.15, 0.2) is 42.0 Å². The van der Waals surface area contributed by atoms with E-state index in [4.69, 9.17) is 21.1 Å². The highest BCUT2D eigenvalue weighted by Gasteiger charge is 2.47. The molecular weight excluding hydrogens is 741 g/mol. The number of nitrogens with zero attached hydrogens (tertiary/aromatic N) is 2. The predicted octanol–water partition coefficient (Wildman–Crippen LogP) is 5.14. The highest BCUT2D eigenvalue weighted by atomic mass is 35.5. The van der Waals surface area contributed by atoms with Gasteiger partial charge in [0.1, 0.15) is 11.6 Å². The van der Waals surface area contributed by atoms with Crippen LogP contribution in [-0.4, -0.2) is 96.4 Å². The monoisotopic (exact) mass is 789 g/mol. The molecule has 7 aliphatic rings. The largest absolute Gasteiger partial charge is 0.490 e. The lowest BCUT2D eigenvalue weighted by atomic mass is 9.64. The number of benzene rings is 2. The van der Waals surface area contributed by atoms with Crippen molar-refractivity contribution >= 4 is 43.1 Å². The van der Waals surface area contributed by atoms with E-state index >= 15 is 4.39 Å². The smallest absolute Gasteiger partial charge is 0.264 e. The first-order valence-electron chi connectivity index (χ1n) is 19.0. The van der Waals surface area contributed by atoms with E-state index in [0.717, 1.165) is 37.7 Å². The second-order valence-corrected chi connectivity index (χ2v) is 21.1. The molecule has 4 heterocycles. The number of carbonyl (C=O) groups is 1. The van der Waals surface area contributed by atoms with Gasteiger partial charge in [-0.3, -0.25) is 9.69 Å². The van der Waals surface area contributed by atoms with E-state index in [2.05, 4.69) is 20.6 Å². The summed E-state index contributed by atoms with van der Waals surface area (Å²) in [6, 6.07) is 8.67. The molecule has 0 radical (unpaired) electrons. The number of amides is 1. The maximum absolute atomic E-state index is 15.5. The number of anilines is 1. The van der Waals surface area contributed by atoms with Crippen LogP contribution in [0.2, 0.25) is 5.02 Å². The number of allylic oxidation sites excluding steroid dienone is 1. The lowest BCUT2D eigenvalue weighted by molar-refractivity contribution is -0.0322. The molecule has 2 aromatic rings. The Balaban J connectivity index is 1.14. The van der Waals surface area contributed by atoms with E-state index in [1.807, 2.05) is 13.0 Å². The Morgan fingerprint density at radius 3 is 2.60 bits per heavy atom. The molecule has 2 fully saturated rings. The van der Waals surface area contributed by atoms with Crippen LogP contribution in [-0.2, 0) is 36.4 Å². The minimum Gasteiger partial charge on any atom is -0.490 e. The predicted molar refractivity (Wildman–Crippen MR) is 202 cm³/mol. The molecule has 2 aromatic carbocycles. The second-order valence-electron chi connectivity index (χ2n) is 16.3. The number of carbonyl (C=O) groups excluding carboxylic acids is 1. The Kier molecular flexibility index (Phi) is 9.90. The number of hydrogen-bond acceptors (Lipinski definition) is 9. The van der Waals surface area contributed by atoms with Crippen molar-refractivity contribution in [2.75, 3.05) is 62.3 Å². The Labute approximate surface area is 317 Å². The van der Waals surface area contributed by atoms with Gasteiger partial charge in [0, 0.05) is 43.7 Å².